The molecule has 3 N–H and O–H groups in total. The van der Waals surface area contributed by atoms with Crippen LogP contribution < -0.4 is 15.8 Å². The minimum absolute atomic E-state index is 0.0402. The first-order valence-electron chi connectivity index (χ1n) is 7.41. The Morgan fingerprint density at radius 3 is 2.90 bits per heavy atom. The van der Waals surface area contributed by atoms with E-state index in [1.165, 1.54) is 0 Å². The van der Waals surface area contributed by atoms with Gasteiger partial charge in [-0.25, -0.2) is 4.98 Å². The Morgan fingerprint density at radius 1 is 1.40 bits per heavy atom. The Balaban J connectivity index is 2.22. The van der Waals surface area contributed by atoms with Crippen molar-refractivity contribution < 1.29 is 9.47 Å². The number of rotatable bonds is 7. The first kappa shape index (κ1) is 14.8. The third-order valence-electron chi connectivity index (χ3n) is 3.25. The molecule has 2 rings (SSSR count). The molecule has 1 fully saturated rings. The second-order valence-electron chi connectivity index (χ2n) is 4.86. The largest absolute Gasteiger partial charge is 0.476 e. The molecule has 1 unspecified atom stereocenters. The summed E-state index contributed by atoms with van der Waals surface area (Å²) in [5.41, 5.74) is 6.54. The molecule has 0 bridgehead atoms. The maximum Gasteiger partial charge on any atom is 0.242 e. The molecule has 0 amide bonds. The first-order valence-corrected chi connectivity index (χ1v) is 7.41. The summed E-state index contributed by atoms with van der Waals surface area (Å²) < 4.78 is 11.2. The fourth-order valence-electron chi connectivity index (χ4n) is 2.16. The number of nitrogens with two attached hydrogens (primary N) is 1. The van der Waals surface area contributed by atoms with Crippen LogP contribution in [0, 0.1) is 0 Å². The van der Waals surface area contributed by atoms with Crippen molar-refractivity contribution in [2.75, 3.05) is 30.8 Å². The number of aromatic nitrogens is 2. The monoisotopic (exact) mass is 280 g/mol. The van der Waals surface area contributed by atoms with E-state index in [2.05, 4.69) is 22.2 Å². The molecule has 2 heterocycles. The van der Waals surface area contributed by atoms with Crippen molar-refractivity contribution in [3.63, 3.8) is 0 Å². The fraction of sp³-hybridized carbons (Fsp3) is 0.714. The van der Waals surface area contributed by atoms with Crippen LogP contribution in [0.1, 0.15) is 51.5 Å². The quantitative estimate of drug-likeness (QED) is 0.747. The van der Waals surface area contributed by atoms with Gasteiger partial charge < -0.3 is 20.5 Å². The zero-order valence-corrected chi connectivity index (χ0v) is 12.3. The highest BCUT2D eigenvalue weighted by Crippen LogP contribution is 2.32. The summed E-state index contributed by atoms with van der Waals surface area (Å²) in [5, 5.41) is 3.26. The normalized spacial score (nSPS) is 18.2. The van der Waals surface area contributed by atoms with Crippen LogP contribution in [0.5, 0.6) is 5.88 Å². The Bertz CT molecular complexity index is 433. The standard InChI is InChI=1S/C14H24N4O2/c1-3-5-8-16-13-11(15)14(19-4-2)18-12(17-13)10-7-6-9-20-10/h10H,3-9,15H2,1-2H3,(H,16,17,18). The average molecular weight is 280 g/mol. The fourth-order valence-corrected chi connectivity index (χ4v) is 2.16. The molecule has 1 aliphatic heterocycles. The minimum Gasteiger partial charge on any atom is -0.476 e. The molecule has 1 aromatic rings. The summed E-state index contributed by atoms with van der Waals surface area (Å²) in [4.78, 5) is 8.93. The molecule has 20 heavy (non-hydrogen) atoms. The van der Waals surface area contributed by atoms with Crippen LogP contribution in [-0.2, 0) is 4.74 Å². The lowest BCUT2D eigenvalue weighted by atomic mass is 10.2. The Kier molecular flexibility index (Phi) is 5.40. The maximum atomic E-state index is 6.07. The van der Waals surface area contributed by atoms with Gasteiger partial charge in [0.05, 0.1) is 6.61 Å². The van der Waals surface area contributed by atoms with E-state index in [1.54, 1.807) is 0 Å². The molecule has 0 aromatic carbocycles. The Morgan fingerprint density at radius 2 is 2.25 bits per heavy atom. The van der Waals surface area contributed by atoms with Gasteiger partial charge in [0.25, 0.3) is 0 Å². The molecular formula is C14H24N4O2. The molecular weight excluding hydrogens is 256 g/mol. The summed E-state index contributed by atoms with van der Waals surface area (Å²) in [7, 11) is 0. The molecule has 6 nitrogen and oxygen atoms in total. The highest BCUT2D eigenvalue weighted by atomic mass is 16.5. The summed E-state index contributed by atoms with van der Waals surface area (Å²) in [6.45, 7) is 6.20. The smallest absolute Gasteiger partial charge is 0.242 e. The predicted octanol–water partition coefficient (Wildman–Crippen LogP) is 2.52. The summed E-state index contributed by atoms with van der Waals surface area (Å²) in [5.74, 6) is 1.77. The third-order valence-corrected chi connectivity index (χ3v) is 3.25. The van der Waals surface area contributed by atoms with Gasteiger partial charge in [-0.2, -0.15) is 4.98 Å². The molecule has 1 aliphatic rings. The number of unbranched alkanes of at least 4 members (excludes halogenated alkanes) is 1. The van der Waals surface area contributed by atoms with Gasteiger partial charge in [-0.1, -0.05) is 13.3 Å². The maximum absolute atomic E-state index is 6.07. The summed E-state index contributed by atoms with van der Waals surface area (Å²) >= 11 is 0. The van der Waals surface area contributed by atoms with Crippen LogP contribution in [0.4, 0.5) is 11.5 Å². The number of hydrogen-bond donors (Lipinski definition) is 2. The van der Waals surface area contributed by atoms with Crippen LogP contribution in [0.25, 0.3) is 0 Å². The van der Waals surface area contributed by atoms with E-state index in [0.29, 0.717) is 29.8 Å². The van der Waals surface area contributed by atoms with E-state index < -0.39 is 0 Å². The van der Waals surface area contributed by atoms with E-state index >= 15 is 0 Å². The van der Waals surface area contributed by atoms with Crippen molar-refractivity contribution in [2.45, 2.75) is 45.6 Å². The van der Waals surface area contributed by atoms with Crippen LogP contribution in [0.2, 0.25) is 0 Å². The molecule has 1 saturated heterocycles. The van der Waals surface area contributed by atoms with Crippen LogP contribution in [-0.4, -0.2) is 29.7 Å². The van der Waals surface area contributed by atoms with E-state index in [0.717, 1.165) is 38.8 Å². The first-order chi connectivity index (χ1) is 9.76. The van der Waals surface area contributed by atoms with Gasteiger partial charge >= 0.3 is 0 Å². The second-order valence-corrected chi connectivity index (χ2v) is 4.86. The molecule has 1 aromatic heterocycles. The molecule has 0 radical (unpaired) electrons. The van der Waals surface area contributed by atoms with E-state index in [4.69, 9.17) is 15.2 Å². The number of ether oxygens (including phenoxy) is 2. The topological polar surface area (TPSA) is 82.3 Å². The van der Waals surface area contributed by atoms with E-state index in [9.17, 15) is 0 Å². The minimum atomic E-state index is -0.0402. The highest BCUT2D eigenvalue weighted by molar-refractivity contribution is 5.67. The number of nitrogens with one attached hydrogen (secondary N) is 1. The molecule has 0 spiro atoms. The van der Waals surface area contributed by atoms with E-state index in [-0.39, 0.29) is 6.10 Å². The average Bonchev–Trinajstić information content (AvgIpc) is 2.97. The van der Waals surface area contributed by atoms with Crippen molar-refractivity contribution in [2.24, 2.45) is 0 Å². The zero-order chi connectivity index (χ0) is 14.4. The number of nitrogens with zero attached hydrogens (tertiary/aromatic N) is 2. The molecule has 112 valence electrons. The Labute approximate surface area is 120 Å². The van der Waals surface area contributed by atoms with Gasteiger partial charge in [0.2, 0.25) is 5.88 Å². The highest BCUT2D eigenvalue weighted by Gasteiger charge is 2.23. The summed E-state index contributed by atoms with van der Waals surface area (Å²) in [6, 6.07) is 0. The van der Waals surface area contributed by atoms with Crippen molar-refractivity contribution in [3.05, 3.63) is 5.82 Å². The molecule has 0 saturated carbocycles. The van der Waals surface area contributed by atoms with Crippen molar-refractivity contribution >= 4 is 11.5 Å². The number of nitrogen functional groups attached to an aromatic ring is 1. The second kappa shape index (κ2) is 7.28. The van der Waals surface area contributed by atoms with Gasteiger partial charge in [0.1, 0.15) is 11.8 Å². The van der Waals surface area contributed by atoms with Crippen molar-refractivity contribution in [1.82, 2.24) is 9.97 Å². The van der Waals surface area contributed by atoms with Gasteiger partial charge in [-0.05, 0) is 26.2 Å². The van der Waals surface area contributed by atoms with Gasteiger partial charge in [0.15, 0.2) is 11.6 Å². The SMILES string of the molecule is CCCCNc1nc(C2CCCO2)nc(OCC)c1N. The molecule has 1 atom stereocenters. The van der Waals surface area contributed by atoms with Gasteiger partial charge in [-0.3, -0.25) is 0 Å². The number of hydrogen-bond acceptors (Lipinski definition) is 6. The lowest BCUT2D eigenvalue weighted by molar-refractivity contribution is 0.104. The lowest BCUT2D eigenvalue weighted by Gasteiger charge is -2.15. The summed E-state index contributed by atoms with van der Waals surface area (Å²) in [6.07, 6.45) is 4.14. The van der Waals surface area contributed by atoms with Crippen molar-refractivity contribution in [1.29, 1.82) is 0 Å². The zero-order valence-electron chi connectivity index (χ0n) is 12.3. The van der Waals surface area contributed by atoms with Gasteiger partial charge in [-0.15, -0.1) is 0 Å². The lowest BCUT2D eigenvalue weighted by Crippen LogP contribution is -2.13. The van der Waals surface area contributed by atoms with Crippen LogP contribution in [0.3, 0.4) is 0 Å². The van der Waals surface area contributed by atoms with Crippen LogP contribution >= 0.6 is 0 Å². The molecule has 0 aliphatic carbocycles. The van der Waals surface area contributed by atoms with Crippen LogP contribution in [0.15, 0.2) is 0 Å². The third kappa shape index (κ3) is 3.50. The predicted molar refractivity (Wildman–Crippen MR) is 78.9 cm³/mol. The Hall–Kier alpha value is -1.56. The molecule has 6 heteroatoms. The van der Waals surface area contributed by atoms with Crippen molar-refractivity contribution in [3.8, 4) is 5.88 Å². The van der Waals surface area contributed by atoms with E-state index in [1.807, 2.05) is 6.92 Å². The van der Waals surface area contributed by atoms with Gasteiger partial charge in [0, 0.05) is 13.2 Å². The number of anilines is 2.